The van der Waals surface area contributed by atoms with Crippen LogP contribution in [0.4, 0.5) is 0 Å². The van der Waals surface area contributed by atoms with Crippen molar-refractivity contribution in [3.63, 3.8) is 0 Å². The summed E-state index contributed by atoms with van der Waals surface area (Å²) < 4.78 is 18.8. The van der Waals surface area contributed by atoms with Crippen LogP contribution in [0.3, 0.4) is 0 Å². The Morgan fingerprint density at radius 3 is 2.53 bits per heavy atom. The number of benzene rings is 1. The molecule has 176 valence electrons. The van der Waals surface area contributed by atoms with Crippen molar-refractivity contribution >= 4 is 11.9 Å². The van der Waals surface area contributed by atoms with Gasteiger partial charge in [0, 0.05) is 18.8 Å². The SMILES string of the molecule is CC(C)[C@@]12C[C@@H](OC(=O)CO)[C@@](C)(O1)[C@@H]1CC[C@@H](C)[C@H]1[C@@H]2OC(=O)CCc1ccccc1. The first-order valence-electron chi connectivity index (χ1n) is 11.9. The molecule has 1 aromatic rings. The fourth-order valence-corrected chi connectivity index (χ4v) is 6.53. The second-order valence-corrected chi connectivity index (χ2v) is 10.4. The molecule has 3 fully saturated rings. The van der Waals surface area contributed by atoms with Crippen LogP contribution in [-0.4, -0.2) is 47.1 Å². The molecule has 1 saturated carbocycles. The Morgan fingerprint density at radius 1 is 1.16 bits per heavy atom. The van der Waals surface area contributed by atoms with E-state index in [1.807, 2.05) is 37.3 Å². The van der Waals surface area contributed by atoms with E-state index in [0.29, 0.717) is 25.2 Å². The molecular weight excluding hydrogens is 408 g/mol. The lowest BCUT2D eigenvalue weighted by Crippen LogP contribution is -2.62. The van der Waals surface area contributed by atoms with Gasteiger partial charge >= 0.3 is 11.9 Å². The van der Waals surface area contributed by atoms with Gasteiger partial charge in [-0.1, -0.05) is 51.1 Å². The highest BCUT2D eigenvalue weighted by Crippen LogP contribution is 2.63. The number of aliphatic hydroxyl groups is 1. The molecular formula is C26H36O6. The molecule has 3 aliphatic rings. The van der Waals surface area contributed by atoms with Crippen LogP contribution in [0.5, 0.6) is 0 Å². The minimum atomic E-state index is -0.711. The zero-order valence-corrected chi connectivity index (χ0v) is 19.6. The van der Waals surface area contributed by atoms with E-state index in [2.05, 4.69) is 20.8 Å². The average Bonchev–Trinajstić information content (AvgIpc) is 3.28. The third-order valence-electron chi connectivity index (χ3n) is 8.27. The second kappa shape index (κ2) is 8.79. The summed E-state index contributed by atoms with van der Waals surface area (Å²) in [6, 6.07) is 9.95. The molecule has 1 aliphatic carbocycles. The van der Waals surface area contributed by atoms with Crippen LogP contribution in [0.1, 0.15) is 58.9 Å². The lowest BCUT2D eigenvalue weighted by atomic mass is 9.69. The maximum atomic E-state index is 13.0. The van der Waals surface area contributed by atoms with Gasteiger partial charge in [-0.2, -0.15) is 0 Å². The third kappa shape index (κ3) is 3.86. The summed E-state index contributed by atoms with van der Waals surface area (Å²) in [5, 5.41) is 9.26. The highest BCUT2D eigenvalue weighted by atomic mass is 16.6. The molecule has 4 rings (SSSR count). The number of ether oxygens (including phenoxy) is 3. The minimum absolute atomic E-state index is 0.0697. The van der Waals surface area contributed by atoms with E-state index in [1.165, 1.54) is 0 Å². The fourth-order valence-electron chi connectivity index (χ4n) is 6.53. The molecule has 7 atom stereocenters. The van der Waals surface area contributed by atoms with Gasteiger partial charge in [0.25, 0.3) is 0 Å². The molecule has 32 heavy (non-hydrogen) atoms. The summed E-state index contributed by atoms with van der Waals surface area (Å²) in [4.78, 5) is 25.0. The first kappa shape index (κ1) is 23.2. The molecule has 0 amide bonds. The molecule has 6 nitrogen and oxygen atoms in total. The second-order valence-electron chi connectivity index (χ2n) is 10.4. The Bertz CT molecular complexity index is 838. The van der Waals surface area contributed by atoms with Gasteiger partial charge in [0.05, 0.1) is 0 Å². The van der Waals surface area contributed by atoms with Crippen molar-refractivity contribution in [3.8, 4) is 0 Å². The van der Waals surface area contributed by atoms with Crippen molar-refractivity contribution < 1.29 is 28.9 Å². The van der Waals surface area contributed by atoms with Crippen LogP contribution >= 0.6 is 0 Å². The number of hydrogen-bond acceptors (Lipinski definition) is 6. The van der Waals surface area contributed by atoms with Crippen LogP contribution in [0.25, 0.3) is 0 Å². The summed E-state index contributed by atoms with van der Waals surface area (Å²) in [6.07, 6.45) is 2.57. The Labute approximate surface area is 190 Å². The van der Waals surface area contributed by atoms with Gasteiger partial charge in [-0.3, -0.25) is 4.79 Å². The van der Waals surface area contributed by atoms with Gasteiger partial charge < -0.3 is 19.3 Å². The van der Waals surface area contributed by atoms with E-state index in [-0.39, 0.29) is 29.8 Å². The van der Waals surface area contributed by atoms with Crippen LogP contribution in [0, 0.1) is 23.7 Å². The van der Waals surface area contributed by atoms with Crippen molar-refractivity contribution in [1.29, 1.82) is 0 Å². The number of carbonyl (C=O) groups is 2. The van der Waals surface area contributed by atoms with Crippen LogP contribution in [0.2, 0.25) is 0 Å². The molecule has 0 spiro atoms. The van der Waals surface area contributed by atoms with Crippen LogP contribution in [-0.2, 0) is 30.2 Å². The molecule has 2 aliphatic heterocycles. The number of rotatable bonds is 7. The zero-order chi connectivity index (χ0) is 23.1. The number of aliphatic hydroxyl groups excluding tert-OH is 1. The number of hydrogen-bond donors (Lipinski definition) is 1. The van der Waals surface area contributed by atoms with Crippen LogP contribution < -0.4 is 0 Å². The van der Waals surface area contributed by atoms with Gasteiger partial charge in [-0.25, -0.2) is 4.79 Å². The summed E-state index contributed by atoms with van der Waals surface area (Å²) in [6.45, 7) is 7.79. The van der Waals surface area contributed by atoms with Gasteiger partial charge in [0.15, 0.2) is 0 Å². The molecule has 0 aromatic heterocycles. The largest absolute Gasteiger partial charge is 0.459 e. The molecule has 1 N–H and O–H groups in total. The van der Waals surface area contributed by atoms with Crippen molar-refractivity contribution in [2.45, 2.75) is 83.2 Å². The lowest BCUT2D eigenvalue weighted by Gasteiger charge is -2.53. The van der Waals surface area contributed by atoms with E-state index < -0.39 is 29.9 Å². The summed E-state index contributed by atoms with van der Waals surface area (Å²) in [5.41, 5.74) is -0.242. The highest BCUT2D eigenvalue weighted by molar-refractivity contribution is 5.71. The van der Waals surface area contributed by atoms with Crippen molar-refractivity contribution in [3.05, 3.63) is 35.9 Å². The van der Waals surface area contributed by atoms with Crippen molar-refractivity contribution in [1.82, 2.24) is 0 Å². The van der Waals surface area contributed by atoms with Crippen molar-refractivity contribution in [2.24, 2.45) is 23.7 Å². The van der Waals surface area contributed by atoms with E-state index >= 15 is 0 Å². The van der Waals surface area contributed by atoms with Gasteiger partial charge in [0.2, 0.25) is 0 Å². The van der Waals surface area contributed by atoms with E-state index in [0.717, 1.165) is 18.4 Å². The summed E-state index contributed by atoms with van der Waals surface area (Å²) in [5.74, 6) is -0.0872. The normalized spacial score (nSPS) is 37.9. The van der Waals surface area contributed by atoms with E-state index in [9.17, 15) is 14.7 Å². The number of aryl methyl sites for hydroxylation is 1. The maximum Gasteiger partial charge on any atom is 0.332 e. The molecule has 2 saturated heterocycles. The molecule has 6 heteroatoms. The molecule has 2 bridgehead atoms. The minimum Gasteiger partial charge on any atom is -0.459 e. The Morgan fingerprint density at radius 2 is 1.88 bits per heavy atom. The predicted octanol–water partition coefficient (Wildman–Crippen LogP) is 3.68. The molecule has 2 heterocycles. The van der Waals surface area contributed by atoms with Gasteiger partial charge in [-0.05, 0) is 49.5 Å². The highest BCUT2D eigenvalue weighted by Gasteiger charge is 2.72. The first-order chi connectivity index (χ1) is 15.2. The summed E-state index contributed by atoms with van der Waals surface area (Å²) in [7, 11) is 0. The van der Waals surface area contributed by atoms with Crippen LogP contribution in [0.15, 0.2) is 30.3 Å². The Hall–Kier alpha value is -1.92. The lowest BCUT2D eigenvalue weighted by molar-refractivity contribution is -0.266. The maximum absolute atomic E-state index is 13.0. The molecule has 0 radical (unpaired) electrons. The fraction of sp³-hybridized carbons (Fsp3) is 0.692. The number of carbonyl (C=O) groups excluding carboxylic acids is 2. The number of fused-ring (bicyclic) bond motifs is 4. The van der Waals surface area contributed by atoms with E-state index in [4.69, 9.17) is 14.2 Å². The standard InChI is InChI=1S/C26H36O6/c1-16(2)26-14-20(30-22(29)15-27)25(4,32-26)19-12-10-17(3)23(19)24(26)31-21(28)13-11-18-8-6-5-7-9-18/h5-9,16-17,19-20,23-24,27H,10-15H2,1-4H3/t17-,19-,20-,23-,24+,25+,26-/m1/s1. The van der Waals surface area contributed by atoms with Crippen molar-refractivity contribution in [2.75, 3.05) is 6.61 Å². The average molecular weight is 445 g/mol. The molecule has 1 aromatic carbocycles. The Kier molecular flexibility index (Phi) is 6.38. The predicted molar refractivity (Wildman–Crippen MR) is 119 cm³/mol. The van der Waals surface area contributed by atoms with Gasteiger partial charge in [-0.15, -0.1) is 0 Å². The smallest absolute Gasteiger partial charge is 0.332 e. The summed E-state index contributed by atoms with van der Waals surface area (Å²) >= 11 is 0. The monoisotopic (exact) mass is 444 g/mol. The van der Waals surface area contributed by atoms with E-state index in [1.54, 1.807) is 0 Å². The molecule has 0 unspecified atom stereocenters. The third-order valence-corrected chi connectivity index (χ3v) is 8.27. The number of esters is 2. The zero-order valence-electron chi connectivity index (χ0n) is 19.6. The Balaban J connectivity index is 1.60. The first-order valence-corrected chi connectivity index (χ1v) is 11.9. The quantitative estimate of drug-likeness (QED) is 0.646. The van der Waals surface area contributed by atoms with Gasteiger partial charge in [0.1, 0.15) is 30.0 Å². The topological polar surface area (TPSA) is 82.1 Å².